The summed E-state index contributed by atoms with van der Waals surface area (Å²) >= 11 is 0. The maximum atomic E-state index is 6.08. The first-order valence-corrected chi connectivity index (χ1v) is 10.2. The van der Waals surface area contributed by atoms with Crippen LogP contribution in [0.25, 0.3) is 28.1 Å². The fraction of sp³-hybridized carbons (Fsp3) is 0.208. The first kappa shape index (κ1) is 18.5. The van der Waals surface area contributed by atoms with Crippen molar-refractivity contribution in [2.75, 3.05) is 13.1 Å². The Bertz CT molecular complexity index is 1180. The molecule has 0 spiro atoms. The van der Waals surface area contributed by atoms with Crippen LogP contribution >= 0.6 is 0 Å². The number of rotatable bonds is 5. The molecule has 0 amide bonds. The molecule has 0 saturated heterocycles. The van der Waals surface area contributed by atoms with E-state index in [1.807, 2.05) is 42.5 Å². The standard InChI is InChI=1S/C24H23N5O/c1-16(17-5-3-2-4-6-17)30-20-9-7-19(8-10-20)23-28-22-21(18-11-13-25-14-12-18)26-15-27-24(22)29-23/h2-11,15-16,25H,12-14H2,1H3,(H,26,27,28,29)/t16-/m1/s1. The Hall–Kier alpha value is -3.51. The third kappa shape index (κ3) is 3.69. The van der Waals surface area contributed by atoms with Gasteiger partial charge in [-0.05, 0) is 55.3 Å². The van der Waals surface area contributed by atoms with E-state index in [-0.39, 0.29) is 6.10 Å². The van der Waals surface area contributed by atoms with E-state index in [0.29, 0.717) is 5.65 Å². The lowest BCUT2D eigenvalue weighted by Gasteiger charge is -2.15. The summed E-state index contributed by atoms with van der Waals surface area (Å²) in [6.45, 7) is 3.88. The van der Waals surface area contributed by atoms with Crippen LogP contribution in [-0.4, -0.2) is 33.0 Å². The number of nitrogens with one attached hydrogen (secondary N) is 2. The summed E-state index contributed by atoms with van der Waals surface area (Å²) in [4.78, 5) is 17.0. The second-order valence-corrected chi connectivity index (χ2v) is 7.38. The lowest BCUT2D eigenvalue weighted by molar-refractivity contribution is 0.227. The molecule has 0 fully saturated rings. The van der Waals surface area contributed by atoms with Crippen molar-refractivity contribution < 1.29 is 4.74 Å². The van der Waals surface area contributed by atoms with Crippen molar-refractivity contribution in [1.29, 1.82) is 0 Å². The average molecular weight is 397 g/mol. The quantitative estimate of drug-likeness (QED) is 0.517. The Morgan fingerprint density at radius 3 is 2.60 bits per heavy atom. The zero-order valence-corrected chi connectivity index (χ0v) is 16.8. The summed E-state index contributed by atoms with van der Waals surface area (Å²) in [6, 6.07) is 18.2. The van der Waals surface area contributed by atoms with Crippen LogP contribution in [0, 0.1) is 0 Å². The minimum Gasteiger partial charge on any atom is -0.486 e. The summed E-state index contributed by atoms with van der Waals surface area (Å²) in [5.41, 5.74) is 5.88. The zero-order valence-electron chi connectivity index (χ0n) is 16.8. The third-order valence-electron chi connectivity index (χ3n) is 5.37. The van der Waals surface area contributed by atoms with Crippen LogP contribution in [0.5, 0.6) is 5.75 Å². The van der Waals surface area contributed by atoms with E-state index in [0.717, 1.165) is 53.4 Å². The molecule has 2 aromatic heterocycles. The second kappa shape index (κ2) is 8.08. The Kier molecular flexibility index (Phi) is 4.99. The minimum atomic E-state index is -0.0145. The van der Waals surface area contributed by atoms with Crippen molar-refractivity contribution in [1.82, 2.24) is 25.3 Å². The molecule has 4 aromatic rings. The molecule has 6 nitrogen and oxygen atoms in total. The Morgan fingerprint density at radius 1 is 1.00 bits per heavy atom. The van der Waals surface area contributed by atoms with Gasteiger partial charge in [-0.1, -0.05) is 36.4 Å². The lowest BCUT2D eigenvalue weighted by Crippen LogP contribution is -2.20. The summed E-state index contributed by atoms with van der Waals surface area (Å²) < 4.78 is 6.08. The van der Waals surface area contributed by atoms with Gasteiger partial charge in [0, 0.05) is 12.1 Å². The molecule has 150 valence electrons. The molecule has 0 saturated carbocycles. The number of benzene rings is 2. The topological polar surface area (TPSA) is 75.7 Å². The second-order valence-electron chi connectivity index (χ2n) is 7.38. The highest BCUT2D eigenvalue weighted by atomic mass is 16.5. The van der Waals surface area contributed by atoms with Crippen molar-refractivity contribution >= 4 is 16.7 Å². The molecule has 3 heterocycles. The predicted molar refractivity (Wildman–Crippen MR) is 118 cm³/mol. The monoisotopic (exact) mass is 397 g/mol. The molecule has 1 aliphatic rings. The van der Waals surface area contributed by atoms with Gasteiger partial charge in [-0.15, -0.1) is 0 Å². The summed E-state index contributed by atoms with van der Waals surface area (Å²) in [6.07, 6.45) is 4.71. The highest BCUT2D eigenvalue weighted by Crippen LogP contribution is 2.28. The highest BCUT2D eigenvalue weighted by molar-refractivity contribution is 5.87. The van der Waals surface area contributed by atoms with Gasteiger partial charge in [0.15, 0.2) is 5.65 Å². The molecule has 2 aromatic carbocycles. The molecule has 0 bridgehead atoms. The minimum absolute atomic E-state index is 0.0145. The molecule has 6 heteroatoms. The molecule has 1 atom stereocenters. The number of H-pyrrole nitrogens is 1. The number of hydrogen-bond donors (Lipinski definition) is 2. The van der Waals surface area contributed by atoms with Crippen LogP contribution in [0.1, 0.15) is 30.7 Å². The van der Waals surface area contributed by atoms with Crippen LogP contribution in [0.2, 0.25) is 0 Å². The van der Waals surface area contributed by atoms with Gasteiger partial charge in [0.25, 0.3) is 0 Å². The van der Waals surface area contributed by atoms with Gasteiger partial charge < -0.3 is 15.0 Å². The number of imidazole rings is 1. The van der Waals surface area contributed by atoms with Gasteiger partial charge in [0.2, 0.25) is 0 Å². The fourth-order valence-electron chi connectivity index (χ4n) is 3.73. The van der Waals surface area contributed by atoms with E-state index in [2.05, 4.69) is 50.4 Å². The highest BCUT2D eigenvalue weighted by Gasteiger charge is 2.15. The SMILES string of the molecule is C[C@@H](Oc1ccc(-c2nc3ncnc(C4=CCNCC4)c3[nH]2)cc1)c1ccccc1. The smallest absolute Gasteiger partial charge is 0.181 e. The summed E-state index contributed by atoms with van der Waals surface area (Å²) in [5.74, 6) is 1.61. The van der Waals surface area contributed by atoms with Gasteiger partial charge in [-0.25, -0.2) is 15.0 Å². The van der Waals surface area contributed by atoms with Crippen molar-refractivity contribution in [3.63, 3.8) is 0 Å². The van der Waals surface area contributed by atoms with Crippen LogP contribution in [0.4, 0.5) is 0 Å². The summed E-state index contributed by atoms with van der Waals surface area (Å²) in [7, 11) is 0. The number of ether oxygens (including phenoxy) is 1. The maximum absolute atomic E-state index is 6.08. The lowest BCUT2D eigenvalue weighted by atomic mass is 10.1. The summed E-state index contributed by atoms with van der Waals surface area (Å²) in [5, 5.41) is 3.34. The van der Waals surface area contributed by atoms with Gasteiger partial charge in [-0.3, -0.25) is 0 Å². The van der Waals surface area contributed by atoms with Gasteiger partial charge in [-0.2, -0.15) is 0 Å². The van der Waals surface area contributed by atoms with Crippen LogP contribution in [0.3, 0.4) is 0 Å². The van der Waals surface area contributed by atoms with Gasteiger partial charge in [0.05, 0.1) is 5.69 Å². The molecule has 0 unspecified atom stereocenters. The molecule has 0 radical (unpaired) electrons. The van der Waals surface area contributed by atoms with E-state index < -0.39 is 0 Å². The van der Waals surface area contributed by atoms with Crippen molar-refractivity contribution in [3.05, 3.63) is 78.3 Å². The third-order valence-corrected chi connectivity index (χ3v) is 5.37. The van der Waals surface area contributed by atoms with Gasteiger partial charge >= 0.3 is 0 Å². The molecular weight excluding hydrogens is 374 g/mol. The normalized spacial score (nSPS) is 15.0. The number of aromatic nitrogens is 4. The average Bonchev–Trinajstić information content (AvgIpc) is 3.25. The number of nitrogens with zero attached hydrogens (tertiary/aromatic N) is 3. The first-order valence-electron chi connectivity index (χ1n) is 10.2. The Labute approximate surface area is 175 Å². The van der Waals surface area contributed by atoms with E-state index in [1.54, 1.807) is 6.33 Å². The molecule has 1 aliphatic heterocycles. The molecular formula is C24H23N5O. The Balaban J connectivity index is 1.40. The largest absolute Gasteiger partial charge is 0.486 e. The fourth-order valence-corrected chi connectivity index (χ4v) is 3.73. The first-order chi connectivity index (χ1) is 14.8. The number of fused-ring (bicyclic) bond motifs is 1. The van der Waals surface area contributed by atoms with Crippen molar-refractivity contribution in [2.45, 2.75) is 19.4 Å². The van der Waals surface area contributed by atoms with Crippen LogP contribution < -0.4 is 10.1 Å². The predicted octanol–water partition coefficient (Wildman–Crippen LogP) is 4.54. The molecule has 0 aliphatic carbocycles. The number of aromatic amines is 1. The molecule has 2 N–H and O–H groups in total. The van der Waals surface area contributed by atoms with Gasteiger partial charge in [0.1, 0.15) is 29.5 Å². The number of hydrogen-bond acceptors (Lipinski definition) is 5. The van der Waals surface area contributed by atoms with E-state index in [1.165, 1.54) is 5.57 Å². The zero-order chi connectivity index (χ0) is 20.3. The van der Waals surface area contributed by atoms with Crippen molar-refractivity contribution in [2.24, 2.45) is 0 Å². The van der Waals surface area contributed by atoms with Crippen LogP contribution in [-0.2, 0) is 0 Å². The van der Waals surface area contributed by atoms with E-state index in [4.69, 9.17) is 4.74 Å². The molecule has 30 heavy (non-hydrogen) atoms. The van der Waals surface area contributed by atoms with Crippen molar-refractivity contribution in [3.8, 4) is 17.1 Å². The van der Waals surface area contributed by atoms with E-state index >= 15 is 0 Å². The Morgan fingerprint density at radius 2 is 1.83 bits per heavy atom. The van der Waals surface area contributed by atoms with E-state index in [9.17, 15) is 0 Å². The van der Waals surface area contributed by atoms with Crippen LogP contribution in [0.15, 0.2) is 67.0 Å². The molecule has 5 rings (SSSR count). The maximum Gasteiger partial charge on any atom is 0.181 e.